The Balaban J connectivity index is 0.000000262. The molecule has 170 valence electrons. The highest BCUT2D eigenvalue weighted by atomic mass is 32.2. The van der Waals surface area contributed by atoms with Crippen molar-refractivity contribution in [1.29, 1.82) is 0 Å². The summed E-state index contributed by atoms with van der Waals surface area (Å²) in [6, 6.07) is 9.01. The Bertz CT molecular complexity index is 912. The van der Waals surface area contributed by atoms with Gasteiger partial charge in [-0.3, -0.25) is 4.79 Å². The molecule has 0 spiro atoms. The molecule has 1 aromatic carbocycles. The predicted molar refractivity (Wildman–Crippen MR) is 113 cm³/mol. The summed E-state index contributed by atoms with van der Waals surface area (Å²) in [7, 11) is -1.75. The zero-order valence-corrected chi connectivity index (χ0v) is 18.1. The van der Waals surface area contributed by atoms with Gasteiger partial charge in [0.25, 0.3) is 0 Å². The Morgan fingerprint density at radius 2 is 2.06 bits per heavy atom. The molecule has 1 aliphatic rings. The molecule has 2 unspecified atom stereocenters. The summed E-state index contributed by atoms with van der Waals surface area (Å²) in [6.45, 7) is 3.82. The normalized spacial score (nSPS) is 18.5. The van der Waals surface area contributed by atoms with Crippen LogP contribution in [0.25, 0.3) is 0 Å². The van der Waals surface area contributed by atoms with Crippen LogP contribution in [0.1, 0.15) is 39.5 Å². The van der Waals surface area contributed by atoms with Crippen molar-refractivity contribution in [1.82, 2.24) is 4.98 Å². The molecule has 1 amide bonds. The van der Waals surface area contributed by atoms with E-state index in [-0.39, 0.29) is 23.4 Å². The van der Waals surface area contributed by atoms with Gasteiger partial charge < -0.3 is 10.1 Å². The molecule has 1 aliphatic carbocycles. The molecule has 6 nitrogen and oxygen atoms in total. The summed E-state index contributed by atoms with van der Waals surface area (Å²) in [5.74, 6) is -3.62. The fraction of sp³-hybridized carbons (Fsp3) is 0.429. The number of halogens is 3. The third kappa shape index (κ3) is 8.66. The molecule has 2 atom stereocenters. The number of pyridine rings is 1. The Hall–Kier alpha value is -2.46. The van der Waals surface area contributed by atoms with Crippen molar-refractivity contribution in [3.05, 3.63) is 48.4 Å². The average molecular weight is 458 g/mol. The number of anilines is 1. The molecule has 31 heavy (non-hydrogen) atoms. The molecule has 1 fully saturated rings. The maximum atomic E-state index is 13.3. The number of benzene rings is 1. The standard InChI is InChI=1S/C12H15F2N3O2S.C9H11FO/c13-12(14)4-1-2-8(7-12)11(18)17-9-3-5-16-10(6-9)20(15)19;1-7(2)11-9-5-3-4-8(10)6-9/h3,5-6,8H,1-2,4,7,15H2,(H,16,17,18);3-7H,1-2H3. The van der Waals surface area contributed by atoms with Gasteiger partial charge in [-0.2, -0.15) is 0 Å². The van der Waals surface area contributed by atoms with Crippen LogP contribution in [0, 0.1) is 11.7 Å². The van der Waals surface area contributed by atoms with Gasteiger partial charge >= 0.3 is 0 Å². The molecule has 1 aromatic heterocycles. The van der Waals surface area contributed by atoms with Gasteiger partial charge in [0.2, 0.25) is 11.8 Å². The summed E-state index contributed by atoms with van der Waals surface area (Å²) in [6.07, 6.45) is 1.63. The molecule has 1 saturated carbocycles. The molecule has 1 heterocycles. The van der Waals surface area contributed by atoms with E-state index in [1.54, 1.807) is 12.1 Å². The number of nitrogens with zero attached hydrogens (tertiary/aromatic N) is 1. The molecule has 0 bridgehead atoms. The smallest absolute Gasteiger partial charge is 0.248 e. The lowest BCUT2D eigenvalue weighted by Gasteiger charge is -2.27. The second-order valence-electron chi connectivity index (χ2n) is 7.44. The van der Waals surface area contributed by atoms with Crippen LogP contribution < -0.4 is 15.2 Å². The van der Waals surface area contributed by atoms with Crippen LogP contribution in [-0.2, 0) is 15.8 Å². The first kappa shape index (κ1) is 24.8. The number of carbonyl (C=O) groups is 1. The Labute approximate surface area is 182 Å². The first-order chi connectivity index (χ1) is 14.6. The topological polar surface area (TPSA) is 94.3 Å². The minimum Gasteiger partial charge on any atom is -0.491 e. The SMILES string of the molecule is CC(C)Oc1cccc(F)c1.NS(=O)c1cc(NC(=O)C2CCCC(F)(F)C2)ccn1. The third-order valence-electron chi connectivity index (χ3n) is 4.39. The van der Waals surface area contributed by atoms with E-state index in [4.69, 9.17) is 9.88 Å². The molecule has 10 heteroatoms. The Morgan fingerprint density at radius 3 is 2.68 bits per heavy atom. The number of aromatic nitrogens is 1. The van der Waals surface area contributed by atoms with E-state index in [9.17, 15) is 22.2 Å². The monoisotopic (exact) mass is 457 g/mol. The number of rotatable bonds is 5. The third-order valence-corrected chi connectivity index (χ3v) is 5.02. The number of hydrogen-bond donors (Lipinski definition) is 2. The number of nitrogens with one attached hydrogen (secondary N) is 1. The second kappa shape index (κ2) is 11.2. The molecule has 0 aliphatic heterocycles. The van der Waals surface area contributed by atoms with Gasteiger partial charge in [-0.05, 0) is 51.0 Å². The van der Waals surface area contributed by atoms with Crippen LogP contribution in [0.15, 0.2) is 47.6 Å². The Kier molecular flexibility index (Phi) is 9.00. The highest BCUT2D eigenvalue weighted by Gasteiger charge is 2.39. The van der Waals surface area contributed by atoms with Crippen molar-refractivity contribution in [3.8, 4) is 5.75 Å². The van der Waals surface area contributed by atoms with E-state index in [2.05, 4.69) is 10.3 Å². The van der Waals surface area contributed by atoms with Gasteiger partial charge in [0.05, 0.1) is 6.10 Å². The summed E-state index contributed by atoms with van der Waals surface area (Å²) < 4.78 is 55.4. The molecular formula is C21H26F3N3O3S. The van der Waals surface area contributed by atoms with Crippen LogP contribution in [0.4, 0.5) is 18.9 Å². The van der Waals surface area contributed by atoms with Crippen LogP contribution in [0.3, 0.4) is 0 Å². The Morgan fingerprint density at radius 1 is 1.32 bits per heavy atom. The highest BCUT2D eigenvalue weighted by Crippen LogP contribution is 2.37. The summed E-state index contributed by atoms with van der Waals surface area (Å²) in [5, 5.41) is 7.85. The predicted octanol–water partition coefficient (Wildman–Crippen LogP) is 4.44. The maximum absolute atomic E-state index is 13.3. The number of hydrogen-bond acceptors (Lipinski definition) is 4. The summed E-state index contributed by atoms with van der Waals surface area (Å²) >= 11 is 0. The number of alkyl halides is 2. The van der Waals surface area contributed by atoms with E-state index in [1.165, 1.54) is 30.5 Å². The lowest BCUT2D eigenvalue weighted by Crippen LogP contribution is -2.33. The van der Waals surface area contributed by atoms with Crippen molar-refractivity contribution in [2.75, 3.05) is 5.32 Å². The van der Waals surface area contributed by atoms with E-state index >= 15 is 0 Å². The first-order valence-electron chi connectivity index (χ1n) is 9.79. The van der Waals surface area contributed by atoms with Crippen molar-refractivity contribution >= 4 is 22.6 Å². The second-order valence-corrected chi connectivity index (χ2v) is 8.46. The number of nitrogens with two attached hydrogens (primary N) is 1. The fourth-order valence-electron chi connectivity index (χ4n) is 3.05. The van der Waals surface area contributed by atoms with Crippen molar-refractivity contribution in [2.24, 2.45) is 11.1 Å². The number of ether oxygens (including phenoxy) is 1. The molecule has 0 saturated heterocycles. The lowest BCUT2D eigenvalue weighted by atomic mass is 9.86. The van der Waals surface area contributed by atoms with E-state index < -0.39 is 35.2 Å². The summed E-state index contributed by atoms with van der Waals surface area (Å²) in [4.78, 5) is 15.7. The molecule has 3 rings (SSSR count). The van der Waals surface area contributed by atoms with Gasteiger partial charge in [-0.15, -0.1) is 0 Å². The van der Waals surface area contributed by atoms with Crippen molar-refractivity contribution in [3.63, 3.8) is 0 Å². The van der Waals surface area contributed by atoms with E-state index in [1.807, 2.05) is 13.8 Å². The minimum atomic E-state index is -2.78. The highest BCUT2D eigenvalue weighted by molar-refractivity contribution is 7.82. The molecule has 3 N–H and O–H groups in total. The molecular weight excluding hydrogens is 431 g/mol. The van der Waals surface area contributed by atoms with Crippen LogP contribution in [0.5, 0.6) is 5.75 Å². The van der Waals surface area contributed by atoms with Gasteiger partial charge in [0, 0.05) is 36.7 Å². The lowest BCUT2D eigenvalue weighted by molar-refractivity contribution is -0.127. The molecule has 2 aromatic rings. The van der Waals surface area contributed by atoms with Gasteiger partial charge in [0.15, 0.2) is 0 Å². The average Bonchev–Trinajstić information content (AvgIpc) is 2.67. The van der Waals surface area contributed by atoms with E-state index in [0.29, 0.717) is 24.3 Å². The van der Waals surface area contributed by atoms with Crippen molar-refractivity contribution < 1.29 is 26.9 Å². The zero-order chi connectivity index (χ0) is 23.0. The fourth-order valence-corrected chi connectivity index (χ4v) is 3.46. The minimum absolute atomic E-state index is 0.0943. The van der Waals surface area contributed by atoms with Gasteiger partial charge in [0.1, 0.15) is 27.6 Å². The number of amides is 1. The van der Waals surface area contributed by atoms with Crippen LogP contribution in [0.2, 0.25) is 0 Å². The maximum Gasteiger partial charge on any atom is 0.248 e. The first-order valence-corrected chi connectivity index (χ1v) is 11.0. The van der Waals surface area contributed by atoms with Crippen LogP contribution >= 0.6 is 0 Å². The zero-order valence-electron chi connectivity index (χ0n) is 17.3. The molecule has 0 radical (unpaired) electrons. The van der Waals surface area contributed by atoms with Crippen LogP contribution in [-0.4, -0.2) is 27.1 Å². The van der Waals surface area contributed by atoms with Gasteiger partial charge in [-0.1, -0.05) is 6.07 Å². The quantitative estimate of drug-likeness (QED) is 0.694. The van der Waals surface area contributed by atoms with Crippen molar-refractivity contribution in [2.45, 2.75) is 56.6 Å². The summed E-state index contributed by atoms with van der Waals surface area (Å²) in [5.41, 5.74) is 0.354. The van der Waals surface area contributed by atoms with E-state index in [0.717, 1.165) is 0 Å². The largest absolute Gasteiger partial charge is 0.491 e. The van der Waals surface area contributed by atoms with Gasteiger partial charge in [-0.25, -0.2) is 27.5 Å². The number of carbonyl (C=O) groups excluding carboxylic acids is 1.